The van der Waals surface area contributed by atoms with Gasteiger partial charge in [-0.1, -0.05) is 0 Å². The predicted octanol–water partition coefficient (Wildman–Crippen LogP) is 3.79. The number of hydrogen-bond donors (Lipinski definition) is 2. The maximum absolute atomic E-state index is 12.9. The second-order valence-corrected chi connectivity index (χ2v) is 5.56. The predicted molar refractivity (Wildman–Crippen MR) is 46.0 cm³/mol. The normalized spacial score (nSPS) is 26.7. The molecule has 8 heteroatoms. The lowest BCUT2D eigenvalue weighted by Gasteiger charge is -2.35. The molecule has 0 radical (unpaired) electrons. The molecule has 0 unspecified atom stereocenters. The summed E-state index contributed by atoms with van der Waals surface area (Å²) in [6.07, 6.45) is -1.30. The van der Waals surface area contributed by atoms with Crippen LogP contribution < -0.4 is 0 Å². The number of halogens is 6. The van der Waals surface area contributed by atoms with Crippen molar-refractivity contribution < 1.29 is 29.9 Å². The molecule has 0 aliphatic carbocycles. The first-order valence-corrected chi connectivity index (χ1v) is 5.85. The first-order valence-electron chi connectivity index (χ1n) is 3.94. The van der Waals surface area contributed by atoms with Gasteiger partial charge in [0, 0.05) is 6.61 Å². The van der Waals surface area contributed by atoms with Crippen LogP contribution in [0.3, 0.4) is 0 Å². The van der Waals surface area contributed by atoms with E-state index >= 15 is 0 Å². The zero-order valence-electron chi connectivity index (χ0n) is 7.28. The fourth-order valence-electron chi connectivity index (χ4n) is 1.20. The van der Waals surface area contributed by atoms with Crippen molar-refractivity contribution in [3.8, 4) is 0 Å². The zero-order chi connectivity index (χ0) is 11.9. The highest BCUT2D eigenvalue weighted by atomic mass is 32.4. The third-order valence-electron chi connectivity index (χ3n) is 1.96. The first-order chi connectivity index (χ1) is 6.71. The third-order valence-corrected chi connectivity index (χ3v) is 4.10. The summed E-state index contributed by atoms with van der Waals surface area (Å²) in [5.74, 6) is -4.64. The molecule has 15 heavy (non-hydrogen) atoms. The van der Waals surface area contributed by atoms with Gasteiger partial charge in [0.1, 0.15) is 10.3 Å². The summed E-state index contributed by atoms with van der Waals surface area (Å²) in [6, 6.07) is 0. The lowest BCUT2D eigenvalue weighted by molar-refractivity contribution is 0.288. The molecule has 0 atom stereocenters. The van der Waals surface area contributed by atoms with Gasteiger partial charge < -0.3 is 5.11 Å². The Bertz CT molecular complexity index is 352. The van der Waals surface area contributed by atoms with Crippen LogP contribution in [0.5, 0.6) is 0 Å². The number of rotatable bonds is 3. The number of thiol groups is 1. The van der Waals surface area contributed by atoms with Gasteiger partial charge in [0.2, 0.25) is 11.0 Å². The minimum absolute atomic E-state index is 0.390. The quantitative estimate of drug-likeness (QED) is 0.580. The molecule has 0 bridgehead atoms. The summed E-state index contributed by atoms with van der Waals surface area (Å²) in [4.78, 5) is -1.79. The van der Waals surface area contributed by atoms with E-state index in [0.29, 0.717) is 0 Å². The lowest BCUT2D eigenvalue weighted by atomic mass is 10.3. The summed E-state index contributed by atoms with van der Waals surface area (Å²) in [7, 11) is -7.68. The van der Waals surface area contributed by atoms with Crippen LogP contribution in [0.2, 0.25) is 0 Å². The smallest absolute Gasteiger partial charge is 0.238 e. The maximum atomic E-state index is 12.9. The molecule has 0 amide bonds. The highest BCUT2D eigenvalue weighted by Crippen LogP contribution is 2.90. The van der Waals surface area contributed by atoms with Gasteiger partial charge in [0.05, 0.1) is 4.91 Å². The fraction of sp³-hybridized carbons (Fsp3) is 0.429. The minimum Gasteiger partial charge on any atom is -0.396 e. The second-order valence-electron chi connectivity index (χ2n) is 3.00. The number of hydrogen-bond acceptors (Lipinski definition) is 1. The number of aliphatic hydroxyl groups excluding tert-OH is 1. The molecule has 1 aliphatic rings. The van der Waals surface area contributed by atoms with Gasteiger partial charge >= 0.3 is 0 Å². The number of aliphatic hydroxyl groups is 1. The van der Waals surface area contributed by atoms with Crippen LogP contribution in [0.25, 0.3) is 0 Å². The summed E-state index contributed by atoms with van der Waals surface area (Å²) in [5, 5.41) is 5.36. The third kappa shape index (κ3) is 1.76. The van der Waals surface area contributed by atoms with Crippen LogP contribution in [0.4, 0.5) is 24.8 Å². The van der Waals surface area contributed by atoms with Crippen LogP contribution in [0.1, 0.15) is 12.8 Å². The van der Waals surface area contributed by atoms with E-state index in [1.807, 2.05) is 0 Å². The lowest BCUT2D eigenvalue weighted by Crippen LogP contribution is -2.01. The second kappa shape index (κ2) is 3.44. The molecule has 0 aromatic rings. The summed E-state index contributed by atoms with van der Waals surface area (Å²) >= 11 is 0. The molecule has 1 N–H and O–H groups in total. The van der Waals surface area contributed by atoms with Crippen LogP contribution in [0.15, 0.2) is 21.7 Å². The van der Waals surface area contributed by atoms with Crippen molar-refractivity contribution in [1.82, 2.24) is 0 Å². The van der Waals surface area contributed by atoms with Crippen molar-refractivity contribution in [3.05, 3.63) is 21.7 Å². The maximum Gasteiger partial charge on any atom is 0.238 e. The highest BCUT2D eigenvalue weighted by Gasteiger charge is 2.57. The molecule has 90 valence electrons. The SMILES string of the molecule is OCCCC1=C(F)C(F)=C(F)[SH]1(F)(F)F. The highest BCUT2D eigenvalue weighted by molar-refractivity contribution is 8.43. The van der Waals surface area contributed by atoms with Crippen molar-refractivity contribution in [1.29, 1.82) is 0 Å². The van der Waals surface area contributed by atoms with E-state index in [1.165, 1.54) is 0 Å². The van der Waals surface area contributed by atoms with Crippen molar-refractivity contribution in [2.24, 2.45) is 0 Å². The fourth-order valence-corrected chi connectivity index (χ4v) is 2.79. The molecule has 0 aromatic carbocycles. The molecule has 0 saturated carbocycles. The Hall–Kier alpha value is -0.630. The van der Waals surface area contributed by atoms with Crippen LogP contribution in [0, 0.1) is 0 Å². The van der Waals surface area contributed by atoms with Gasteiger partial charge in [0.25, 0.3) is 0 Å². The Morgan fingerprint density at radius 1 is 1.00 bits per heavy atom. The van der Waals surface area contributed by atoms with Gasteiger partial charge in [-0.25, -0.2) is 4.39 Å². The van der Waals surface area contributed by atoms with Gasteiger partial charge in [0.15, 0.2) is 5.83 Å². The summed E-state index contributed by atoms with van der Waals surface area (Å²) in [5.41, 5.74) is 0. The molecule has 0 fully saturated rings. The number of allylic oxidation sites excluding steroid dienone is 3. The molecule has 1 aliphatic heterocycles. The summed E-state index contributed by atoms with van der Waals surface area (Å²) in [6.45, 7) is -0.605. The van der Waals surface area contributed by atoms with Crippen LogP contribution in [-0.2, 0) is 0 Å². The molecule has 0 spiro atoms. The van der Waals surface area contributed by atoms with Crippen molar-refractivity contribution in [2.45, 2.75) is 12.8 Å². The Kier molecular flexibility index (Phi) is 2.86. The molecule has 1 heterocycles. The van der Waals surface area contributed by atoms with Crippen molar-refractivity contribution in [3.63, 3.8) is 0 Å². The molecule has 0 saturated heterocycles. The molecule has 1 nitrogen and oxygen atoms in total. The van der Waals surface area contributed by atoms with E-state index in [0.717, 1.165) is 0 Å². The average Bonchev–Trinajstić information content (AvgIpc) is 2.24. The van der Waals surface area contributed by atoms with E-state index in [9.17, 15) is 24.8 Å². The molecule has 1 rings (SSSR count). The van der Waals surface area contributed by atoms with E-state index in [2.05, 4.69) is 0 Å². The largest absolute Gasteiger partial charge is 0.396 e. The standard InChI is InChI=1S/C7H8F6OS/c8-5-4(2-1-3-14)15(11,12,13)7(10)6(5)9/h14-15H,1-3H2. The van der Waals surface area contributed by atoms with Gasteiger partial charge in [-0.3, -0.25) is 0 Å². The average molecular weight is 254 g/mol. The van der Waals surface area contributed by atoms with Gasteiger partial charge in [-0.2, -0.15) is 8.78 Å². The van der Waals surface area contributed by atoms with Crippen molar-refractivity contribution in [2.75, 3.05) is 6.61 Å². The monoisotopic (exact) mass is 254 g/mol. The van der Waals surface area contributed by atoms with Crippen molar-refractivity contribution >= 4 is 10.3 Å². The minimum atomic E-state index is -7.68. The Morgan fingerprint density at radius 3 is 1.87 bits per heavy atom. The van der Waals surface area contributed by atoms with Gasteiger partial charge in [-0.05, 0) is 12.8 Å². The van der Waals surface area contributed by atoms with Crippen LogP contribution >= 0.6 is 10.3 Å². The Balaban J connectivity index is 3.18. The molecular weight excluding hydrogens is 246 g/mol. The zero-order valence-corrected chi connectivity index (χ0v) is 8.18. The van der Waals surface area contributed by atoms with E-state index in [-0.39, 0.29) is 6.42 Å². The molecular formula is C7H8F6OS. The van der Waals surface area contributed by atoms with E-state index < -0.39 is 45.1 Å². The Morgan fingerprint density at radius 2 is 1.53 bits per heavy atom. The Labute approximate surface area is 82.2 Å². The molecule has 0 aromatic heterocycles. The van der Waals surface area contributed by atoms with E-state index in [4.69, 9.17) is 5.11 Å². The summed E-state index contributed by atoms with van der Waals surface area (Å²) < 4.78 is 76.5. The van der Waals surface area contributed by atoms with E-state index in [1.54, 1.807) is 0 Å². The first kappa shape index (κ1) is 12.4. The van der Waals surface area contributed by atoms with Gasteiger partial charge in [-0.15, -0.1) is 11.7 Å². The van der Waals surface area contributed by atoms with Crippen LogP contribution in [-0.4, -0.2) is 11.7 Å². The topological polar surface area (TPSA) is 20.2 Å².